The Morgan fingerprint density at radius 1 is 1.22 bits per heavy atom. The number of alkyl halides is 2. The Morgan fingerprint density at radius 3 is 2.72 bits per heavy atom. The van der Waals surface area contributed by atoms with Crippen molar-refractivity contribution in [3.05, 3.63) is 59.1 Å². The van der Waals surface area contributed by atoms with Crippen LogP contribution in [-0.2, 0) is 4.74 Å². The number of H-pyrrole nitrogens is 1. The van der Waals surface area contributed by atoms with Crippen LogP contribution in [0.15, 0.2) is 53.6 Å². The summed E-state index contributed by atoms with van der Waals surface area (Å²) in [6, 6.07) is 9.51. The van der Waals surface area contributed by atoms with E-state index in [1.807, 2.05) is 18.7 Å². The summed E-state index contributed by atoms with van der Waals surface area (Å²) < 4.78 is 34.8. The Morgan fingerprint density at radius 2 is 2.00 bits per heavy atom. The van der Waals surface area contributed by atoms with E-state index in [2.05, 4.69) is 25.0 Å². The van der Waals surface area contributed by atoms with Crippen LogP contribution < -0.4 is 20.5 Å². The first-order chi connectivity index (χ1) is 15.3. The molecule has 1 fully saturated rings. The monoisotopic (exact) mass is 443 g/mol. The average Bonchev–Trinajstić information content (AvgIpc) is 2.75. The first-order valence-electron chi connectivity index (χ1n) is 10.1. The predicted octanol–water partition coefficient (Wildman–Crippen LogP) is 3.79. The van der Waals surface area contributed by atoms with E-state index in [4.69, 9.17) is 4.74 Å². The van der Waals surface area contributed by atoms with Crippen molar-refractivity contribution < 1.29 is 18.3 Å². The standard InChI is InChI=1S/C22H23F2N5O3/c1-22(2)13-29(9-10-31-22)21-25-8-7-18(28-21)27-17-11-15(12-26-19(17)30)14-3-5-16(6-4-14)32-20(23)24/h3-8,11-12,20H,9-10,13H2,1-2H3,(H,26,30)(H,25,27,28). The summed E-state index contributed by atoms with van der Waals surface area (Å²) in [5, 5.41) is 3.04. The molecule has 10 heteroatoms. The average molecular weight is 443 g/mol. The van der Waals surface area contributed by atoms with E-state index in [9.17, 15) is 13.6 Å². The van der Waals surface area contributed by atoms with Crippen LogP contribution in [-0.4, -0.2) is 46.9 Å². The number of nitrogens with zero attached hydrogens (tertiary/aromatic N) is 3. The van der Waals surface area contributed by atoms with Gasteiger partial charge < -0.3 is 24.7 Å². The van der Waals surface area contributed by atoms with E-state index in [0.717, 1.165) is 5.56 Å². The molecule has 3 heterocycles. The molecular weight excluding hydrogens is 420 g/mol. The van der Waals surface area contributed by atoms with E-state index in [-0.39, 0.29) is 16.9 Å². The third-order valence-corrected chi connectivity index (χ3v) is 4.93. The lowest BCUT2D eigenvalue weighted by molar-refractivity contribution is -0.0498. The molecule has 32 heavy (non-hydrogen) atoms. The van der Waals surface area contributed by atoms with Gasteiger partial charge in [-0.05, 0) is 43.7 Å². The largest absolute Gasteiger partial charge is 0.435 e. The highest BCUT2D eigenvalue weighted by Crippen LogP contribution is 2.25. The normalized spacial score (nSPS) is 15.6. The fourth-order valence-electron chi connectivity index (χ4n) is 3.47. The quantitative estimate of drug-likeness (QED) is 0.599. The number of ether oxygens (including phenoxy) is 2. The van der Waals surface area contributed by atoms with Crippen LogP contribution in [0.4, 0.5) is 26.2 Å². The van der Waals surface area contributed by atoms with Gasteiger partial charge >= 0.3 is 6.61 Å². The lowest BCUT2D eigenvalue weighted by Gasteiger charge is -2.38. The van der Waals surface area contributed by atoms with Gasteiger partial charge in [0.2, 0.25) is 5.95 Å². The fourth-order valence-corrected chi connectivity index (χ4v) is 3.47. The molecule has 0 amide bonds. The summed E-state index contributed by atoms with van der Waals surface area (Å²) in [5.74, 6) is 1.09. The molecule has 0 bridgehead atoms. The van der Waals surface area contributed by atoms with Gasteiger partial charge in [0.05, 0.1) is 12.2 Å². The van der Waals surface area contributed by atoms with Gasteiger partial charge in [-0.15, -0.1) is 0 Å². The van der Waals surface area contributed by atoms with Gasteiger partial charge in [-0.2, -0.15) is 13.8 Å². The minimum atomic E-state index is -2.88. The van der Waals surface area contributed by atoms with Crippen LogP contribution in [0, 0.1) is 0 Å². The number of nitrogens with one attached hydrogen (secondary N) is 2. The van der Waals surface area contributed by atoms with Crippen LogP contribution >= 0.6 is 0 Å². The summed E-state index contributed by atoms with van der Waals surface area (Å²) in [5.41, 5.74) is 1.10. The molecule has 8 nitrogen and oxygen atoms in total. The maximum Gasteiger partial charge on any atom is 0.387 e. The molecule has 0 aliphatic carbocycles. The molecule has 0 unspecified atom stereocenters. The second-order valence-corrected chi connectivity index (χ2v) is 7.93. The zero-order valence-corrected chi connectivity index (χ0v) is 17.6. The molecule has 1 aliphatic rings. The number of pyridine rings is 1. The molecule has 1 aromatic carbocycles. The summed E-state index contributed by atoms with van der Waals surface area (Å²) in [7, 11) is 0. The molecule has 3 aromatic rings. The number of anilines is 3. The number of aromatic amines is 1. The molecule has 0 atom stereocenters. The van der Waals surface area contributed by atoms with Crippen molar-refractivity contribution >= 4 is 17.5 Å². The molecule has 0 radical (unpaired) electrons. The zero-order valence-electron chi connectivity index (χ0n) is 17.6. The molecule has 2 N–H and O–H groups in total. The molecular formula is C22H23F2N5O3. The Bertz CT molecular complexity index is 1130. The SMILES string of the molecule is CC1(C)CN(c2nccc(Nc3cc(-c4ccc(OC(F)F)cc4)c[nH]c3=O)n2)CCO1. The number of aromatic nitrogens is 3. The van der Waals surface area contributed by atoms with Crippen molar-refractivity contribution in [3.63, 3.8) is 0 Å². The Kier molecular flexibility index (Phi) is 6.04. The van der Waals surface area contributed by atoms with Crippen LogP contribution in [0.5, 0.6) is 5.75 Å². The van der Waals surface area contributed by atoms with Gasteiger partial charge in [0, 0.05) is 31.0 Å². The van der Waals surface area contributed by atoms with Crippen molar-refractivity contribution in [1.82, 2.24) is 15.0 Å². The van der Waals surface area contributed by atoms with Gasteiger partial charge in [0.1, 0.15) is 17.3 Å². The van der Waals surface area contributed by atoms with Crippen molar-refractivity contribution in [2.24, 2.45) is 0 Å². The van der Waals surface area contributed by atoms with E-state index in [0.29, 0.717) is 42.7 Å². The molecule has 0 spiro atoms. The van der Waals surface area contributed by atoms with Gasteiger partial charge in [0.15, 0.2) is 0 Å². The van der Waals surface area contributed by atoms with Crippen LogP contribution in [0.3, 0.4) is 0 Å². The van der Waals surface area contributed by atoms with Gasteiger partial charge in [-0.1, -0.05) is 12.1 Å². The summed E-state index contributed by atoms with van der Waals surface area (Å²) >= 11 is 0. The third-order valence-electron chi connectivity index (χ3n) is 4.93. The Hall–Kier alpha value is -3.53. The van der Waals surface area contributed by atoms with Crippen molar-refractivity contribution in [2.75, 3.05) is 29.9 Å². The molecule has 168 valence electrons. The van der Waals surface area contributed by atoms with E-state index in [1.165, 1.54) is 12.1 Å². The fraction of sp³-hybridized carbons (Fsp3) is 0.318. The number of hydrogen-bond acceptors (Lipinski definition) is 7. The molecule has 2 aromatic heterocycles. The highest BCUT2D eigenvalue weighted by Gasteiger charge is 2.28. The van der Waals surface area contributed by atoms with E-state index < -0.39 is 6.61 Å². The number of halogens is 2. The number of hydrogen-bond donors (Lipinski definition) is 2. The lowest BCUT2D eigenvalue weighted by Crippen LogP contribution is -2.49. The first kappa shape index (κ1) is 21.7. The highest BCUT2D eigenvalue weighted by atomic mass is 19.3. The molecule has 1 aliphatic heterocycles. The predicted molar refractivity (Wildman–Crippen MR) is 117 cm³/mol. The topological polar surface area (TPSA) is 92.4 Å². The maximum atomic E-state index is 12.4. The van der Waals surface area contributed by atoms with Crippen molar-refractivity contribution in [2.45, 2.75) is 26.1 Å². The number of rotatable bonds is 6. The second kappa shape index (κ2) is 8.91. The molecule has 0 saturated carbocycles. The zero-order chi connectivity index (χ0) is 22.7. The summed E-state index contributed by atoms with van der Waals surface area (Å²) in [6.45, 7) is 3.05. The molecule has 4 rings (SSSR count). The van der Waals surface area contributed by atoms with Crippen molar-refractivity contribution in [3.8, 4) is 16.9 Å². The Balaban J connectivity index is 1.54. The number of morpholine rings is 1. The lowest BCUT2D eigenvalue weighted by atomic mass is 10.1. The third kappa shape index (κ3) is 5.20. The molecule has 1 saturated heterocycles. The van der Waals surface area contributed by atoms with Crippen LogP contribution in [0.2, 0.25) is 0 Å². The smallest absolute Gasteiger partial charge is 0.387 e. The highest BCUT2D eigenvalue weighted by molar-refractivity contribution is 5.69. The first-order valence-corrected chi connectivity index (χ1v) is 10.1. The summed E-state index contributed by atoms with van der Waals surface area (Å²) in [6.07, 6.45) is 3.19. The van der Waals surface area contributed by atoms with Crippen LogP contribution in [0.25, 0.3) is 11.1 Å². The number of benzene rings is 1. The van der Waals surface area contributed by atoms with Crippen LogP contribution in [0.1, 0.15) is 13.8 Å². The van der Waals surface area contributed by atoms with Gasteiger partial charge in [-0.25, -0.2) is 4.98 Å². The second-order valence-electron chi connectivity index (χ2n) is 7.93. The Labute approximate surface area is 183 Å². The van der Waals surface area contributed by atoms with Crippen molar-refractivity contribution in [1.29, 1.82) is 0 Å². The minimum Gasteiger partial charge on any atom is -0.435 e. The van der Waals surface area contributed by atoms with E-state index >= 15 is 0 Å². The maximum absolute atomic E-state index is 12.4. The van der Waals surface area contributed by atoms with Gasteiger partial charge in [0.25, 0.3) is 5.56 Å². The van der Waals surface area contributed by atoms with E-state index in [1.54, 1.807) is 36.7 Å². The summed E-state index contributed by atoms with van der Waals surface area (Å²) in [4.78, 5) is 26.0. The minimum absolute atomic E-state index is 0.0614. The van der Waals surface area contributed by atoms with Gasteiger partial charge in [-0.3, -0.25) is 4.79 Å².